The first-order valence-corrected chi connectivity index (χ1v) is 11.8. The van der Waals surface area contributed by atoms with Crippen molar-refractivity contribution in [3.8, 4) is 0 Å². The zero-order valence-corrected chi connectivity index (χ0v) is 20.1. The van der Waals surface area contributed by atoms with Crippen LogP contribution in [0.3, 0.4) is 0 Å². The summed E-state index contributed by atoms with van der Waals surface area (Å²) in [5.74, 6) is -1.21. The van der Waals surface area contributed by atoms with Gasteiger partial charge in [-0.3, -0.25) is 9.69 Å². The van der Waals surface area contributed by atoms with Gasteiger partial charge in [0.05, 0.1) is 18.9 Å². The van der Waals surface area contributed by atoms with Crippen molar-refractivity contribution in [1.82, 2.24) is 4.90 Å². The molecular weight excluding hydrogens is 490 g/mol. The lowest BCUT2D eigenvalue weighted by atomic mass is 9.92. The Morgan fingerprint density at radius 2 is 1.76 bits per heavy atom. The van der Waals surface area contributed by atoms with E-state index in [1.165, 1.54) is 0 Å². The number of likely N-dealkylation sites (tertiary alicyclic amines) is 1. The highest BCUT2D eigenvalue weighted by Gasteiger charge is 2.55. The molecule has 1 atom stereocenters. The summed E-state index contributed by atoms with van der Waals surface area (Å²) in [7, 11) is 0. The minimum absolute atomic E-state index is 0.313. The van der Waals surface area contributed by atoms with Gasteiger partial charge in [0, 0.05) is 41.7 Å². The zero-order chi connectivity index (χ0) is 23.4. The Morgan fingerprint density at radius 3 is 2.42 bits per heavy atom. The number of carbonyl (C=O) groups is 2. The van der Waals surface area contributed by atoms with Crippen molar-refractivity contribution < 1.29 is 24.2 Å². The maximum atomic E-state index is 14.0. The van der Waals surface area contributed by atoms with Crippen LogP contribution >= 0.6 is 15.9 Å². The van der Waals surface area contributed by atoms with Crippen LogP contribution in [0.5, 0.6) is 0 Å². The molecule has 8 nitrogen and oxygen atoms in total. The van der Waals surface area contributed by atoms with Crippen molar-refractivity contribution in [1.29, 1.82) is 0 Å². The summed E-state index contributed by atoms with van der Waals surface area (Å²) in [6.07, 6.45) is 1.02. The first-order chi connectivity index (χ1) is 15.7. The standard InChI is InChI=1S/C24H26BrN3O5/c1-15-3-5-18(13-16(15)2)28-22(30)26-20-6-4-17(25)14-19(20)24(28,31)21(29)27-9-7-23(8-10-27)32-11-12-33-23/h3-6,13-14,31H,7-12H2,1-2H3,(H,26,30). The molecule has 3 aliphatic heterocycles. The lowest BCUT2D eigenvalue weighted by molar-refractivity contribution is -0.192. The second-order valence-electron chi connectivity index (χ2n) is 8.80. The number of aryl methyl sites for hydroxylation is 2. The summed E-state index contributed by atoms with van der Waals surface area (Å²) in [6, 6.07) is 9.97. The third kappa shape index (κ3) is 3.63. The molecule has 0 bridgehead atoms. The molecule has 5 rings (SSSR count). The van der Waals surface area contributed by atoms with Crippen molar-refractivity contribution in [3.63, 3.8) is 0 Å². The minimum Gasteiger partial charge on any atom is -0.359 e. The third-order valence-electron chi connectivity index (χ3n) is 6.80. The topological polar surface area (TPSA) is 91.3 Å². The lowest BCUT2D eigenvalue weighted by Crippen LogP contribution is -2.64. The molecule has 3 heterocycles. The van der Waals surface area contributed by atoms with Crippen LogP contribution in [0.2, 0.25) is 0 Å². The van der Waals surface area contributed by atoms with Gasteiger partial charge in [-0.05, 0) is 55.3 Å². The third-order valence-corrected chi connectivity index (χ3v) is 7.29. The van der Waals surface area contributed by atoms with Gasteiger partial charge in [0.1, 0.15) is 0 Å². The van der Waals surface area contributed by atoms with Crippen LogP contribution in [0.25, 0.3) is 0 Å². The van der Waals surface area contributed by atoms with E-state index < -0.39 is 23.5 Å². The van der Waals surface area contributed by atoms with Gasteiger partial charge in [0.25, 0.3) is 11.6 Å². The van der Waals surface area contributed by atoms with E-state index in [-0.39, 0.29) is 0 Å². The highest BCUT2D eigenvalue weighted by Crippen LogP contribution is 2.43. The predicted octanol–water partition coefficient (Wildman–Crippen LogP) is 3.63. The monoisotopic (exact) mass is 515 g/mol. The molecular formula is C24H26BrN3O5. The number of halogens is 1. The van der Waals surface area contributed by atoms with E-state index in [1.807, 2.05) is 26.0 Å². The Hall–Kier alpha value is -2.46. The van der Waals surface area contributed by atoms with Crippen molar-refractivity contribution >= 4 is 39.2 Å². The number of amides is 3. The Labute approximate surface area is 200 Å². The molecule has 2 aromatic carbocycles. The van der Waals surface area contributed by atoms with Gasteiger partial charge in [0.15, 0.2) is 5.79 Å². The summed E-state index contributed by atoms with van der Waals surface area (Å²) >= 11 is 3.44. The van der Waals surface area contributed by atoms with Crippen LogP contribution in [-0.4, -0.2) is 54.0 Å². The molecule has 2 saturated heterocycles. The van der Waals surface area contributed by atoms with Gasteiger partial charge in [0.2, 0.25) is 0 Å². The lowest BCUT2D eigenvalue weighted by Gasteiger charge is -2.46. The first kappa shape index (κ1) is 22.3. The van der Waals surface area contributed by atoms with Gasteiger partial charge in [-0.2, -0.15) is 0 Å². The summed E-state index contributed by atoms with van der Waals surface area (Å²) in [4.78, 5) is 30.0. The predicted molar refractivity (Wildman–Crippen MR) is 126 cm³/mol. The molecule has 33 heavy (non-hydrogen) atoms. The molecule has 0 aromatic heterocycles. The molecule has 1 unspecified atom stereocenters. The number of benzene rings is 2. The van der Waals surface area contributed by atoms with Crippen molar-refractivity contribution in [2.24, 2.45) is 0 Å². The molecule has 9 heteroatoms. The second-order valence-corrected chi connectivity index (χ2v) is 9.71. The number of nitrogens with one attached hydrogen (secondary N) is 1. The van der Waals surface area contributed by atoms with Crippen LogP contribution < -0.4 is 10.2 Å². The fourth-order valence-corrected chi connectivity index (χ4v) is 5.15. The quantitative estimate of drug-likeness (QED) is 0.637. The zero-order valence-electron chi connectivity index (χ0n) is 18.6. The van der Waals surface area contributed by atoms with Gasteiger partial charge in [-0.1, -0.05) is 22.0 Å². The Kier molecular flexibility index (Phi) is 5.48. The number of nitrogens with zero attached hydrogens (tertiary/aromatic N) is 2. The fraction of sp³-hybridized carbons (Fsp3) is 0.417. The van der Waals surface area contributed by atoms with E-state index in [1.54, 1.807) is 29.2 Å². The summed E-state index contributed by atoms with van der Waals surface area (Å²) < 4.78 is 12.2. The van der Waals surface area contributed by atoms with Crippen LogP contribution in [0.1, 0.15) is 29.5 Å². The van der Waals surface area contributed by atoms with Crippen LogP contribution in [-0.2, 0) is 20.0 Å². The van der Waals surface area contributed by atoms with Gasteiger partial charge >= 0.3 is 6.03 Å². The Balaban J connectivity index is 1.58. The number of rotatable bonds is 2. The van der Waals surface area contributed by atoms with Crippen LogP contribution in [0.15, 0.2) is 40.9 Å². The van der Waals surface area contributed by atoms with Gasteiger partial charge in [-0.15, -0.1) is 0 Å². The number of hydrogen-bond acceptors (Lipinski definition) is 5. The number of fused-ring (bicyclic) bond motifs is 1. The molecule has 3 amide bonds. The SMILES string of the molecule is Cc1ccc(N2C(=O)Nc3ccc(Br)cc3C2(O)C(=O)N2CCC3(CC2)OCCO3)cc1C. The van der Waals surface area contributed by atoms with Crippen LogP contribution in [0.4, 0.5) is 16.2 Å². The highest BCUT2D eigenvalue weighted by atomic mass is 79.9. The molecule has 2 aromatic rings. The van der Waals surface area contributed by atoms with E-state index in [4.69, 9.17) is 9.47 Å². The largest absolute Gasteiger partial charge is 0.359 e. The normalized spacial score (nSPS) is 24.1. The van der Waals surface area contributed by atoms with E-state index in [9.17, 15) is 14.7 Å². The van der Waals surface area contributed by atoms with Crippen LogP contribution in [0, 0.1) is 13.8 Å². The Bertz CT molecular complexity index is 1120. The molecule has 2 N–H and O–H groups in total. The summed E-state index contributed by atoms with van der Waals surface area (Å²) in [5, 5.41) is 15.0. The fourth-order valence-electron chi connectivity index (χ4n) is 4.79. The highest BCUT2D eigenvalue weighted by molar-refractivity contribution is 9.10. The Morgan fingerprint density at radius 1 is 1.06 bits per heavy atom. The summed E-state index contributed by atoms with van der Waals surface area (Å²) in [6.45, 7) is 5.69. The van der Waals surface area contributed by atoms with E-state index in [0.717, 1.165) is 16.0 Å². The molecule has 0 radical (unpaired) electrons. The molecule has 174 valence electrons. The van der Waals surface area contributed by atoms with Crippen molar-refractivity contribution in [2.75, 3.05) is 36.5 Å². The van der Waals surface area contributed by atoms with Gasteiger partial charge < -0.3 is 24.8 Å². The molecule has 2 fully saturated rings. The van der Waals surface area contributed by atoms with Crippen molar-refractivity contribution in [2.45, 2.75) is 38.2 Å². The number of aliphatic hydroxyl groups is 1. The van der Waals surface area contributed by atoms with Crippen molar-refractivity contribution in [3.05, 3.63) is 57.6 Å². The smallest absolute Gasteiger partial charge is 0.329 e. The maximum absolute atomic E-state index is 14.0. The number of piperidine rings is 1. The number of hydrogen-bond donors (Lipinski definition) is 2. The van der Waals surface area contributed by atoms with Gasteiger partial charge in [-0.25, -0.2) is 4.79 Å². The maximum Gasteiger partial charge on any atom is 0.329 e. The van der Waals surface area contributed by atoms with E-state index in [0.29, 0.717) is 60.6 Å². The molecule has 0 aliphatic carbocycles. The molecule has 0 saturated carbocycles. The molecule has 3 aliphatic rings. The first-order valence-electron chi connectivity index (χ1n) is 11.0. The average molecular weight is 516 g/mol. The second kappa shape index (κ2) is 8.09. The molecule has 1 spiro atoms. The minimum atomic E-state index is -2.22. The van der Waals surface area contributed by atoms with E-state index >= 15 is 0 Å². The van der Waals surface area contributed by atoms with E-state index in [2.05, 4.69) is 21.2 Å². The summed E-state index contributed by atoms with van der Waals surface area (Å²) in [5.41, 5.74) is 0.930. The number of urea groups is 1. The number of ether oxygens (including phenoxy) is 2. The number of carbonyl (C=O) groups excluding carboxylic acids is 2. The average Bonchev–Trinajstić information content (AvgIpc) is 3.24. The number of anilines is 2.